The van der Waals surface area contributed by atoms with Crippen LogP contribution >= 0.6 is 0 Å². The summed E-state index contributed by atoms with van der Waals surface area (Å²) in [6, 6.07) is 0. The summed E-state index contributed by atoms with van der Waals surface area (Å²) in [6.07, 6.45) is 1.02. The second-order valence-electron chi connectivity index (χ2n) is 10.5. The Balaban J connectivity index is 1.79. The van der Waals surface area contributed by atoms with Crippen LogP contribution in [0.2, 0.25) is 0 Å². The SMILES string of the molecule is COC(=O)OC1CCC2(C)C(=CC(OC(=O)OC)C3C4CCC(=O)C4(C)CC(OC(=O)OC)C32)C1. The molecule has 0 aromatic heterocycles. The number of methoxy groups -OCH3 is 3. The number of rotatable bonds is 3. The van der Waals surface area contributed by atoms with Gasteiger partial charge in [0, 0.05) is 30.1 Å². The lowest BCUT2D eigenvalue weighted by Gasteiger charge is -2.60. The minimum absolute atomic E-state index is 0.0502. The Morgan fingerprint density at radius 2 is 1.51 bits per heavy atom. The number of hydrogen-bond acceptors (Lipinski definition) is 10. The van der Waals surface area contributed by atoms with Crippen molar-refractivity contribution in [2.45, 2.75) is 70.7 Å². The molecule has 0 aromatic carbocycles. The predicted octanol–water partition coefficient (Wildman–Crippen LogP) is 4.19. The van der Waals surface area contributed by atoms with Crippen LogP contribution in [-0.2, 0) is 33.2 Å². The van der Waals surface area contributed by atoms with Crippen molar-refractivity contribution >= 4 is 24.2 Å². The Kier molecular flexibility index (Phi) is 6.76. The monoisotopic (exact) mass is 494 g/mol. The molecule has 0 spiro atoms. The van der Waals surface area contributed by atoms with Crippen molar-refractivity contribution in [2.75, 3.05) is 21.3 Å². The van der Waals surface area contributed by atoms with Gasteiger partial charge in [0.2, 0.25) is 0 Å². The van der Waals surface area contributed by atoms with E-state index >= 15 is 0 Å². The molecule has 0 saturated heterocycles. The van der Waals surface area contributed by atoms with Gasteiger partial charge >= 0.3 is 18.5 Å². The van der Waals surface area contributed by atoms with E-state index in [0.29, 0.717) is 38.5 Å². The molecule has 0 bridgehead atoms. The average molecular weight is 495 g/mol. The second-order valence-corrected chi connectivity index (χ2v) is 10.5. The zero-order valence-electron chi connectivity index (χ0n) is 20.9. The molecular formula is C25H34O10. The zero-order chi connectivity index (χ0) is 25.5. The van der Waals surface area contributed by atoms with Gasteiger partial charge in [-0.15, -0.1) is 0 Å². The van der Waals surface area contributed by atoms with Crippen molar-refractivity contribution in [3.8, 4) is 0 Å². The van der Waals surface area contributed by atoms with Crippen LogP contribution in [0.1, 0.15) is 52.4 Å². The minimum Gasteiger partial charge on any atom is -0.438 e. The largest absolute Gasteiger partial charge is 0.508 e. The van der Waals surface area contributed by atoms with Crippen molar-refractivity contribution in [3.63, 3.8) is 0 Å². The van der Waals surface area contributed by atoms with E-state index < -0.39 is 41.5 Å². The summed E-state index contributed by atoms with van der Waals surface area (Å²) in [5.74, 6) is -0.419. The van der Waals surface area contributed by atoms with Gasteiger partial charge in [-0.1, -0.05) is 19.4 Å². The van der Waals surface area contributed by atoms with Crippen molar-refractivity contribution in [1.82, 2.24) is 0 Å². The van der Waals surface area contributed by atoms with Gasteiger partial charge in [0.15, 0.2) is 0 Å². The summed E-state index contributed by atoms with van der Waals surface area (Å²) < 4.78 is 31.3. The number of ether oxygens (including phenoxy) is 6. The molecular weight excluding hydrogens is 460 g/mol. The molecule has 4 aliphatic carbocycles. The van der Waals surface area contributed by atoms with Gasteiger partial charge in [-0.05, 0) is 43.1 Å². The Labute approximate surface area is 204 Å². The zero-order valence-corrected chi connectivity index (χ0v) is 20.9. The maximum Gasteiger partial charge on any atom is 0.508 e. The topological polar surface area (TPSA) is 124 Å². The molecule has 10 nitrogen and oxygen atoms in total. The molecule has 0 aromatic rings. The van der Waals surface area contributed by atoms with Crippen molar-refractivity contribution in [1.29, 1.82) is 0 Å². The average Bonchev–Trinajstić information content (AvgIpc) is 3.13. The number of Topliss-reactive ketones (excluding diaryl/α,β-unsaturated/α-hetero) is 1. The van der Waals surface area contributed by atoms with E-state index in [9.17, 15) is 19.2 Å². The predicted molar refractivity (Wildman–Crippen MR) is 119 cm³/mol. The fourth-order valence-corrected chi connectivity index (χ4v) is 7.29. The van der Waals surface area contributed by atoms with Gasteiger partial charge < -0.3 is 28.4 Å². The number of hydrogen-bond donors (Lipinski definition) is 0. The van der Waals surface area contributed by atoms with Gasteiger partial charge in [-0.3, -0.25) is 4.79 Å². The Bertz CT molecular complexity index is 927. The molecule has 0 heterocycles. The van der Waals surface area contributed by atoms with Crippen LogP contribution in [0, 0.1) is 28.6 Å². The third kappa shape index (κ3) is 4.25. The fourth-order valence-electron chi connectivity index (χ4n) is 7.29. The molecule has 0 amide bonds. The van der Waals surface area contributed by atoms with Crippen LogP contribution in [0.5, 0.6) is 0 Å². The van der Waals surface area contributed by atoms with E-state index in [1.54, 1.807) is 0 Å². The first-order valence-electron chi connectivity index (χ1n) is 12.1. The van der Waals surface area contributed by atoms with Gasteiger partial charge in [-0.2, -0.15) is 0 Å². The standard InChI is InChI=1S/C25H34O10/c1-24-9-8-14(33-21(27)30-3)10-13(24)11-16(34-22(28)31-4)19-15-6-7-18(26)25(15,2)12-17(20(19)24)35-23(29)32-5/h11,14-17,19-20H,6-10,12H2,1-5H3. The van der Waals surface area contributed by atoms with Gasteiger partial charge in [0.1, 0.15) is 24.1 Å². The second kappa shape index (κ2) is 9.35. The molecule has 0 N–H and O–H groups in total. The van der Waals surface area contributed by atoms with Crippen molar-refractivity contribution < 1.29 is 47.6 Å². The van der Waals surface area contributed by atoms with Crippen LogP contribution in [-0.4, -0.2) is 63.9 Å². The van der Waals surface area contributed by atoms with Crippen molar-refractivity contribution in [3.05, 3.63) is 11.6 Å². The number of carbonyl (C=O) groups excluding carboxylic acids is 4. The van der Waals surface area contributed by atoms with Crippen LogP contribution in [0.15, 0.2) is 11.6 Å². The van der Waals surface area contributed by atoms with Gasteiger partial charge in [0.05, 0.1) is 21.3 Å². The summed E-state index contributed by atoms with van der Waals surface area (Å²) in [4.78, 5) is 49.3. The highest BCUT2D eigenvalue weighted by Gasteiger charge is 2.66. The molecule has 0 aliphatic heterocycles. The molecule has 194 valence electrons. The summed E-state index contributed by atoms with van der Waals surface area (Å²) in [5.41, 5.74) is -0.175. The van der Waals surface area contributed by atoms with E-state index in [4.69, 9.17) is 23.7 Å². The first-order chi connectivity index (χ1) is 16.6. The van der Waals surface area contributed by atoms with Crippen LogP contribution in [0.25, 0.3) is 0 Å². The molecule has 4 aliphatic rings. The molecule has 35 heavy (non-hydrogen) atoms. The highest BCUT2D eigenvalue weighted by atomic mass is 16.7. The van der Waals surface area contributed by atoms with Crippen LogP contribution in [0.3, 0.4) is 0 Å². The van der Waals surface area contributed by atoms with Crippen LogP contribution < -0.4 is 0 Å². The maximum atomic E-state index is 13.0. The summed E-state index contributed by atoms with van der Waals surface area (Å²) in [7, 11) is 3.75. The molecule has 3 fully saturated rings. The Hall–Kier alpha value is -2.78. The molecule has 0 radical (unpaired) electrons. The fraction of sp³-hybridized carbons (Fsp3) is 0.760. The third-order valence-electron chi connectivity index (χ3n) is 8.93. The molecule has 8 unspecified atom stereocenters. The van der Waals surface area contributed by atoms with Crippen molar-refractivity contribution in [2.24, 2.45) is 28.6 Å². The minimum atomic E-state index is -0.825. The first-order valence-corrected chi connectivity index (χ1v) is 12.1. The quantitative estimate of drug-likeness (QED) is 0.320. The molecule has 8 atom stereocenters. The normalized spacial score (nSPS) is 39.7. The lowest BCUT2D eigenvalue weighted by Crippen LogP contribution is -2.61. The number of ketones is 1. The summed E-state index contributed by atoms with van der Waals surface area (Å²) in [6.45, 7) is 4.04. The third-order valence-corrected chi connectivity index (χ3v) is 8.93. The van der Waals surface area contributed by atoms with E-state index in [2.05, 4.69) is 11.7 Å². The highest BCUT2D eigenvalue weighted by Crippen LogP contribution is 2.65. The van der Waals surface area contributed by atoms with E-state index in [0.717, 1.165) is 5.57 Å². The summed E-state index contributed by atoms with van der Waals surface area (Å²) >= 11 is 0. The van der Waals surface area contributed by atoms with Gasteiger partial charge in [-0.25, -0.2) is 14.4 Å². The van der Waals surface area contributed by atoms with E-state index in [1.165, 1.54) is 21.3 Å². The lowest BCUT2D eigenvalue weighted by atomic mass is 9.46. The highest BCUT2D eigenvalue weighted by molar-refractivity contribution is 5.87. The molecule has 3 saturated carbocycles. The van der Waals surface area contributed by atoms with E-state index in [1.807, 2.05) is 13.0 Å². The Morgan fingerprint density at radius 3 is 2.17 bits per heavy atom. The van der Waals surface area contributed by atoms with Gasteiger partial charge in [0.25, 0.3) is 0 Å². The molecule has 10 heteroatoms. The smallest absolute Gasteiger partial charge is 0.438 e. The Morgan fingerprint density at radius 1 is 0.886 bits per heavy atom. The maximum absolute atomic E-state index is 13.0. The summed E-state index contributed by atoms with van der Waals surface area (Å²) in [5, 5.41) is 0. The van der Waals surface area contributed by atoms with E-state index in [-0.39, 0.29) is 29.6 Å². The first kappa shape index (κ1) is 25.3. The number of carbonyl (C=O) groups is 4. The van der Waals surface area contributed by atoms with Crippen LogP contribution in [0.4, 0.5) is 14.4 Å². The number of fused-ring (bicyclic) bond motifs is 5. The molecule has 4 rings (SSSR count). The lowest BCUT2D eigenvalue weighted by molar-refractivity contribution is -0.163.